The van der Waals surface area contributed by atoms with E-state index in [1.807, 2.05) is 6.26 Å². The van der Waals surface area contributed by atoms with Crippen molar-refractivity contribution < 1.29 is 34.2 Å². The minimum Gasteiger partial charge on any atom is -0.481 e. The highest BCUT2D eigenvalue weighted by molar-refractivity contribution is 7.98. The Morgan fingerprint density at radius 3 is 1.94 bits per heavy atom. The van der Waals surface area contributed by atoms with Crippen molar-refractivity contribution in [3.63, 3.8) is 0 Å². The summed E-state index contributed by atoms with van der Waals surface area (Å²) in [5, 5.41) is 25.6. The second kappa shape index (κ2) is 16.5. The average molecular weight is 520 g/mol. The Morgan fingerprint density at radius 1 is 0.914 bits per heavy atom. The van der Waals surface area contributed by atoms with Crippen LogP contribution in [0.3, 0.4) is 0 Å². The summed E-state index contributed by atoms with van der Waals surface area (Å²) < 4.78 is 0. The van der Waals surface area contributed by atoms with Crippen LogP contribution in [0.5, 0.6) is 0 Å². The van der Waals surface area contributed by atoms with Gasteiger partial charge in [0.15, 0.2) is 5.96 Å². The van der Waals surface area contributed by atoms with Crippen molar-refractivity contribution in [2.45, 2.75) is 63.7 Å². The van der Waals surface area contributed by atoms with Gasteiger partial charge in [-0.15, -0.1) is 0 Å². The molecular weight excluding hydrogens is 482 g/mol. The van der Waals surface area contributed by atoms with E-state index in [9.17, 15) is 29.1 Å². The van der Waals surface area contributed by atoms with Crippen molar-refractivity contribution in [1.82, 2.24) is 16.0 Å². The van der Waals surface area contributed by atoms with Gasteiger partial charge < -0.3 is 43.4 Å². The van der Waals surface area contributed by atoms with E-state index in [0.29, 0.717) is 5.75 Å². The molecule has 11 N–H and O–H groups in total. The second-order valence-electron chi connectivity index (χ2n) is 8.13. The number of nitrogens with two attached hydrogens (primary N) is 3. The van der Waals surface area contributed by atoms with E-state index in [2.05, 4.69) is 20.9 Å². The van der Waals surface area contributed by atoms with Gasteiger partial charge in [-0.25, -0.2) is 4.79 Å². The molecule has 14 nitrogen and oxygen atoms in total. The van der Waals surface area contributed by atoms with Crippen LogP contribution in [0.1, 0.15) is 39.5 Å². The van der Waals surface area contributed by atoms with Gasteiger partial charge in [0.1, 0.15) is 18.1 Å². The van der Waals surface area contributed by atoms with E-state index in [1.165, 1.54) is 11.8 Å². The Morgan fingerprint density at radius 2 is 1.46 bits per heavy atom. The van der Waals surface area contributed by atoms with Crippen LogP contribution in [0.25, 0.3) is 0 Å². The van der Waals surface area contributed by atoms with Crippen molar-refractivity contribution in [2.24, 2.45) is 28.1 Å². The van der Waals surface area contributed by atoms with Gasteiger partial charge >= 0.3 is 11.9 Å². The normalized spacial score (nSPS) is 14.2. The SMILES string of the molecule is CSCCC(NC(=O)C(CCCN=C(N)N)NC(=O)C(N)CC(=O)O)C(=O)NC(C(=O)O)C(C)C. The predicted octanol–water partition coefficient (Wildman–Crippen LogP) is -2.21. The minimum absolute atomic E-state index is 0.0642. The third-order valence-corrected chi connectivity index (χ3v) is 5.43. The fourth-order valence-electron chi connectivity index (χ4n) is 2.88. The lowest BCUT2D eigenvalue weighted by Gasteiger charge is -2.26. The number of carbonyl (C=O) groups is 5. The number of carboxylic acid groups (broad SMARTS) is 2. The lowest BCUT2D eigenvalue weighted by molar-refractivity contribution is -0.143. The number of amides is 3. The van der Waals surface area contributed by atoms with E-state index in [-0.39, 0.29) is 31.8 Å². The van der Waals surface area contributed by atoms with Crippen molar-refractivity contribution in [3.8, 4) is 0 Å². The average Bonchev–Trinajstić information content (AvgIpc) is 2.75. The molecule has 0 aliphatic carbocycles. The highest BCUT2D eigenvalue weighted by Crippen LogP contribution is 2.07. The summed E-state index contributed by atoms with van der Waals surface area (Å²) >= 11 is 1.43. The highest BCUT2D eigenvalue weighted by Gasteiger charge is 2.31. The molecule has 0 radical (unpaired) electrons. The summed E-state index contributed by atoms with van der Waals surface area (Å²) in [4.78, 5) is 64.3. The Bertz CT molecular complexity index is 775. The molecule has 4 atom stereocenters. The summed E-state index contributed by atoms with van der Waals surface area (Å²) in [6.45, 7) is 3.43. The maximum absolute atomic E-state index is 13.0. The summed E-state index contributed by atoms with van der Waals surface area (Å²) in [5.74, 6) is -4.80. The molecule has 0 spiro atoms. The summed E-state index contributed by atoms with van der Waals surface area (Å²) in [6.07, 6.45) is 1.71. The molecule has 0 saturated heterocycles. The van der Waals surface area contributed by atoms with Gasteiger partial charge in [-0.05, 0) is 37.2 Å². The van der Waals surface area contributed by atoms with Crippen molar-refractivity contribution in [1.29, 1.82) is 0 Å². The Labute approximate surface area is 208 Å². The number of guanidine groups is 1. The number of nitrogens with one attached hydrogen (secondary N) is 3. The molecule has 0 aromatic heterocycles. The largest absolute Gasteiger partial charge is 0.481 e. The smallest absolute Gasteiger partial charge is 0.326 e. The molecule has 35 heavy (non-hydrogen) atoms. The topological polar surface area (TPSA) is 252 Å². The number of aliphatic imine (C=N–C) groups is 1. The van der Waals surface area contributed by atoms with Gasteiger partial charge in [0, 0.05) is 6.54 Å². The Hall–Kier alpha value is -3.07. The summed E-state index contributed by atoms with van der Waals surface area (Å²) in [6, 6.07) is -4.78. The molecule has 0 aliphatic rings. The molecule has 0 bridgehead atoms. The van der Waals surface area contributed by atoms with E-state index < -0.39 is 66.2 Å². The molecule has 15 heteroatoms. The maximum atomic E-state index is 13.0. The van der Waals surface area contributed by atoms with Gasteiger partial charge in [0.25, 0.3) is 0 Å². The van der Waals surface area contributed by atoms with Crippen LogP contribution >= 0.6 is 11.8 Å². The minimum atomic E-state index is -1.39. The molecular formula is C20H37N7O7S. The van der Waals surface area contributed by atoms with Crippen molar-refractivity contribution >= 4 is 47.4 Å². The molecule has 0 aliphatic heterocycles. The van der Waals surface area contributed by atoms with Crippen LogP contribution in [-0.4, -0.2) is 88.6 Å². The fourth-order valence-corrected chi connectivity index (χ4v) is 3.35. The third-order valence-electron chi connectivity index (χ3n) is 4.78. The molecule has 4 unspecified atom stereocenters. The molecule has 0 heterocycles. The highest BCUT2D eigenvalue weighted by atomic mass is 32.2. The van der Waals surface area contributed by atoms with Crippen LogP contribution in [0.4, 0.5) is 0 Å². The van der Waals surface area contributed by atoms with Crippen LogP contribution in [0.2, 0.25) is 0 Å². The van der Waals surface area contributed by atoms with E-state index in [4.69, 9.17) is 22.3 Å². The zero-order valence-electron chi connectivity index (χ0n) is 20.2. The van der Waals surface area contributed by atoms with Gasteiger partial charge in [0.2, 0.25) is 17.7 Å². The predicted molar refractivity (Wildman–Crippen MR) is 131 cm³/mol. The standard InChI is InChI=1S/C20H37N7O7S/c1-10(2)15(19(33)34)27-18(32)13(6-8-35-3)26-17(31)12(5-4-7-24-20(22)23)25-16(30)11(21)9-14(28)29/h10-13,15H,4-9,21H2,1-3H3,(H,25,30)(H,26,31)(H,27,32)(H,28,29)(H,33,34)(H4,22,23,24). The number of hydrogen-bond donors (Lipinski definition) is 8. The quantitative estimate of drug-likeness (QED) is 0.0580. The number of rotatable bonds is 17. The molecule has 0 saturated carbocycles. The maximum Gasteiger partial charge on any atom is 0.326 e. The molecule has 3 amide bonds. The van der Waals surface area contributed by atoms with Crippen molar-refractivity contribution in [2.75, 3.05) is 18.6 Å². The van der Waals surface area contributed by atoms with Gasteiger partial charge in [0.05, 0.1) is 12.5 Å². The zero-order valence-corrected chi connectivity index (χ0v) is 21.0. The lowest BCUT2D eigenvalue weighted by atomic mass is 10.0. The summed E-state index contributed by atoms with van der Waals surface area (Å²) in [7, 11) is 0. The Balaban J connectivity index is 5.57. The number of thioether (sulfide) groups is 1. The first kappa shape index (κ1) is 31.9. The lowest BCUT2D eigenvalue weighted by Crippen LogP contribution is -2.57. The zero-order chi connectivity index (χ0) is 27.1. The number of carboxylic acids is 2. The number of nitrogens with zero attached hydrogens (tertiary/aromatic N) is 1. The fraction of sp³-hybridized carbons (Fsp3) is 0.700. The number of carbonyl (C=O) groups excluding carboxylic acids is 3. The van der Waals surface area contributed by atoms with Crippen LogP contribution in [-0.2, 0) is 24.0 Å². The summed E-state index contributed by atoms with van der Waals surface area (Å²) in [5.41, 5.74) is 16.2. The van der Waals surface area contributed by atoms with E-state index in [1.54, 1.807) is 13.8 Å². The monoisotopic (exact) mass is 519 g/mol. The molecule has 0 rings (SSSR count). The molecule has 200 valence electrons. The third kappa shape index (κ3) is 13.4. The molecule has 0 fully saturated rings. The van der Waals surface area contributed by atoms with Gasteiger partial charge in [-0.2, -0.15) is 11.8 Å². The van der Waals surface area contributed by atoms with Crippen LogP contribution in [0.15, 0.2) is 4.99 Å². The van der Waals surface area contributed by atoms with E-state index >= 15 is 0 Å². The first-order valence-electron chi connectivity index (χ1n) is 11.0. The first-order chi connectivity index (χ1) is 16.3. The van der Waals surface area contributed by atoms with Gasteiger partial charge in [-0.1, -0.05) is 13.8 Å². The van der Waals surface area contributed by atoms with Gasteiger partial charge in [-0.3, -0.25) is 24.2 Å². The Kier molecular flexibility index (Phi) is 15.1. The van der Waals surface area contributed by atoms with Crippen LogP contribution < -0.4 is 33.2 Å². The van der Waals surface area contributed by atoms with Crippen molar-refractivity contribution in [3.05, 3.63) is 0 Å². The second-order valence-corrected chi connectivity index (χ2v) is 9.11. The van der Waals surface area contributed by atoms with Crippen LogP contribution in [0, 0.1) is 5.92 Å². The number of hydrogen-bond acceptors (Lipinski definition) is 8. The van der Waals surface area contributed by atoms with E-state index in [0.717, 1.165) is 0 Å². The first-order valence-corrected chi connectivity index (χ1v) is 12.3. The number of aliphatic carboxylic acids is 2. The molecule has 0 aromatic carbocycles. The molecule has 0 aromatic rings.